The van der Waals surface area contributed by atoms with Gasteiger partial charge in [-0.2, -0.15) is 0 Å². The van der Waals surface area contributed by atoms with Crippen LogP contribution in [0.2, 0.25) is 0 Å². The van der Waals surface area contributed by atoms with Crippen molar-refractivity contribution in [2.75, 3.05) is 19.5 Å². The van der Waals surface area contributed by atoms with Crippen molar-refractivity contribution in [2.24, 2.45) is 0 Å². The minimum atomic E-state index is -0.425. The van der Waals surface area contributed by atoms with E-state index in [4.69, 9.17) is 9.47 Å². The second kappa shape index (κ2) is 8.00. The quantitative estimate of drug-likeness (QED) is 0.503. The molecule has 2 aromatic heterocycles. The van der Waals surface area contributed by atoms with E-state index < -0.39 is 5.91 Å². The smallest absolute Gasteiger partial charge is 0.273 e. The fourth-order valence-corrected chi connectivity index (χ4v) is 4.03. The Labute approximate surface area is 176 Å². The minimum Gasteiger partial charge on any atom is -0.493 e. The van der Waals surface area contributed by atoms with Crippen LogP contribution >= 0.6 is 11.3 Å². The van der Waals surface area contributed by atoms with E-state index in [1.54, 1.807) is 38.5 Å². The van der Waals surface area contributed by atoms with Gasteiger partial charge >= 0.3 is 0 Å². The van der Waals surface area contributed by atoms with Crippen LogP contribution in [0, 0.1) is 6.92 Å². The summed E-state index contributed by atoms with van der Waals surface area (Å²) in [6.45, 7) is 1.93. The van der Waals surface area contributed by atoms with Crippen molar-refractivity contribution in [1.29, 1.82) is 0 Å². The summed E-state index contributed by atoms with van der Waals surface area (Å²) in [7, 11) is 3.15. The molecule has 0 saturated heterocycles. The van der Waals surface area contributed by atoms with E-state index in [1.165, 1.54) is 11.3 Å². The maximum Gasteiger partial charge on any atom is 0.273 e. The topological polar surface area (TPSA) is 93.3 Å². The van der Waals surface area contributed by atoms with Crippen LogP contribution in [0.15, 0.2) is 53.3 Å². The molecule has 2 aromatic carbocycles. The van der Waals surface area contributed by atoms with Gasteiger partial charge in [-0.25, -0.2) is 4.98 Å². The Bertz CT molecular complexity index is 1310. The van der Waals surface area contributed by atoms with Gasteiger partial charge in [0.05, 0.1) is 19.9 Å². The number of nitrogens with zero attached hydrogens (tertiary/aromatic N) is 1. The Morgan fingerprint density at radius 2 is 1.83 bits per heavy atom. The normalized spacial score (nSPS) is 10.8. The first kappa shape index (κ1) is 19.7. The molecule has 8 heteroatoms. The lowest BCUT2D eigenvalue weighted by Crippen LogP contribution is -2.18. The van der Waals surface area contributed by atoms with Crippen LogP contribution in [-0.2, 0) is 0 Å². The zero-order valence-corrected chi connectivity index (χ0v) is 17.4. The summed E-state index contributed by atoms with van der Waals surface area (Å²) >= 11 is 1.36. The predicted octanol–water partition coefficient (Wildman–Crippen LogP) is 4.23. The maximum atomic E-state index is 12.7. The summed E-state index contributed by atoms with van der Waals surface area (Å²) in [6.07, 6.45) is 0. The van der Waals surface area contributed by atoms with Crippen LogP contribution in [0.1, 0.15) is 15.4 Å². The lowest BCUT2D eigenvalue weighted by Gasteiger charge is -2.08. The van der Waals surface area contributed by atoms with Gasteiger partial charge in [-0.05, 0) is 42.6 Å². The SMILES string of the molecule is COc1ccc(-c2nc(NC(=O)c3cc4ccccc4c(=O)[nH]3)sc2C)cc1OC. The van der Waals surface area contributed by atoms with Gasteiger partial charge in [0.1, 0.15) is 5.69 Å². The molecule has 0 bridgehead atoms. The summed E-state index contributed by atoms with van der Waals surface area (Å²) in [5.41, 5.74) is 1.46. The second-order valence-corrected chi connectivity index (χ2v) is 7.75. The number of aryl methyl sites for hydroxylation is 1. The predicted molar refractivity (Wildman–Crippen MR) is 118 cm³/mol. The molecule has 2 N–H and O–H groups in total. The van der Waals surface area contributed by atoms with Gasteiger partial charge in [0.25, 0.3) is 11.5 Å². The molecule has 0 radical (unpaired) electrons. The number of benzene rings is 2. The van der Waals surface area contributed by atoms with Crippen molar-refractivity contribution in [3.05, 3.63) is 69.5 Å². The third-order valence-corrected chi connectivity index (χ3v) is 5.56. The monoisotopic (exact) mass is 421 g/mol. The third-order valence-electron chi connectivity index (χ3n) is 4.67. The average molecular weight is 421 g/mol. The van der Waals surface area contributed by atoms with E-state index in [0.717, 1.165) is 16.1 Å². The van der Waals surface area contributed by atoms with Gasteiger partial charge in [0, 0.05) is 15.8 Å². The van der Waals surface area contributed by atoms with Crippen molar-refractivity contribution in [2.45, 2.75) is 6.92 Å². The fraction of sp³-hybridized carbons (Fsp3) is 0.136. The summed E-state index contributed by atoms with van der Waals surface area (Å²) in [5, 5.41) is 4.45. The van der Waals surface area contributed by atoms with Gasteiger partial charge < -0.3 is 14.5 Å². The number of aromatic amines is 1. The lowest BCUT2D eigenvalue weighted by molar-refractivity contribution is 0.102. The largest absolute Gasteiger partial charge is 0.493 e. The van der Waals surface area contributed by atoms with Gasteiger partial charge in [-0.3, -0.25) is 14.9 Å². The number of anilines is 1. The molecule has 0 unspecified atom stereocenters. The number of nitrogens with one attached hydrogen (secondary N) is 2. The number of ether oxygens (including phenoxy) is 2. The number of amides is 1. The summed E-state index contributed by atoms with van der Waals surface area (Å²) < 4.78 is 10.6. The fourth-order valence-electron chi connectivity index (χ4n) is 3.20. The molecule has 0 atom stereocenters. The first-order valence-corrected chi connectivity index (χ1v) is 9.95. The van der Waals surface area contributed by atoms with Gasteiger partial charge in [0.2, 0.25) is 0 Å². The van der Waals surface area contributed by atoms with E-state index in [0.29, 0.717) is 27.4 Å². The second-order valence-electron chi connectivity index (χ2n) is 6.55. The standard InChI is InChI=1S/C22H19N3O4S/c1-12-19(14-8-9-17(28-2)18(11-14)29-3)24-22(30-12)25-21(27)16-10-13-6-4-5-7-15(13)20(26)23-16/h4-11H,1-3H3,(H,23,26)(H,24,25,27). The number of hydrogen-bond acceptors (Lipinski definition) is 6. The summed E-state index contributed by atoms with van der Waals surface area (Å²) in [6, 6.07) is 14.3. The van der Waals surface area contributed by atoms with Crippen molar-refractivity contribution in [3.63, 3.8) is 0 Å². The van der Waals surface area contributed by atoms with Gasteiger partial charge in [-0.15, -0.1) is 11.3 Å². The number of H-pyrrole nitrogens is 1. The number of pyridine rings is 1. The molecule has 2 heterocycles. The highest BCUT2D eigenvalue weighted by Gasteiger charge is 2.16. The Balaban J connectivity index is 1.63. The van der Waals surface area contributed by atoms with E-state index >= 15 is 0 Å². The first-order valence-electron chi connectivity index (χ1n) is 9.13. The van der Waals surface area contributed by atoms with Crippen LogP contribution in [0.4, 0.5) is 5.13 Å². The number of fused-ring (bicyclic) bond motifs is 1. The van der Waals surface area contributed by atoms with Gasteiger partial charge in [0.15, 0.2) is 16.6 Å². The number of thiazole rings is 1. The van der Waals surface area contributed by atoms with Crippen LogP contribution in [0.5, 0.6) is 11.5 Å². The van der Waals surface area contributed by atoms with Crippen LogP contribution < -0.4 is 20.3 Å². The van der Waals surface area contributed by atoms with Crippen LogP contribution in [0.3, 0.4) is 0 Å². The van der Waals surface area contributed by atoms with Gasteiger partial charge in [-0.1, -0.05) is 18.2 Å². The van der Waals surface area contributed by atoms with Crippen LogP contribution in [-0.4, -0.2) is 30.1 Å². The summed E-state index contributed by atoms with van der Waals surface area (Å²) in [5.74, 6) is 0.801. The van der Waals surface area contributed by atoms with Crippen molar-refractivity contribution in [1.82, 2.24) is 9.97 Å². The van der Waals surface area contributed by atoms with E-state index in [1.807, 2.05) is 31.2 Å². The first-order chi connectivity index (χ1) is 14.5. The lowest BCUT2D eigenvalue weighted by atomic mass is 10.1. The number of carbonyl (C=O) groups is 1. The number of methoxy groups -OCH3 is 2. The minimum absolute atomic E-state index is 0.180. The molecular formula is C22H19N3O4S. The molecule has 0 saturated carbocycles. The molecule has 4 aromatic rings. The van der Waals surface area contributed by atoms with E-state index in [2.05, 4.69) is 15.3 Å². The number of aromatic nitrogens is 2. The Morgan fingerprint density at radius 1 is 1.07 bits per heavy atom. The molecule has 0 aliphatic heterocycles. The molecule has 1 amide bonds. The highest BCUT2D eigenvalue weighted by Crippen LogP contribution is 2.36. The Kier molecular flexibility index (Phi) is 5.24. The van der Waals surface area contributed by atoms with Crippen LogP contribution in [0.25, 0.3) is 22.0 Å². The van der Waals surface area contributed by atoms with E-state index in [9.17, 15) is 9.59 Å². The highest BCUT2D eigenvalue weighted by molar-refractivity contribution is 7.16. The van der Waals surface area contributed by atoms with E-state index in [-0.39, 0.29) is 11.3 Å². The maximum absolute atomic E-state index is 12.7. The number of rotatable bonds is 5. The Morgan fingerprint density at radius 3 is 2.60 bits per heavy atom. The zero-order valence-electron chi connectivity index (χ0n) is 16.6. The molecule has 0 fully saturated rings. The summed E-state index contributed by atoms with van der Waals surface area (Å²) in [4.78, 5) is 33.1. The molecule has 0 spiro atoms. The Hall–Kier alpha value is -3.65. The molecule has 0 aliphatic rings. The zero-order chi connectivity index (χ0) is 21.3. The van der Waals surface area contributed by atoms with Crippen molar-refractivity contribution in [3.8, 4) is 22.8 Å². The molecule has 0 aliphatic carbocycles. The average Bonchev–Trinajstić information content (AvgIpc) is 3.13. The molecular weight excluding hydrogens is 402 g/mol. The molecule has 30 heavy (non-hydrogen) atoms. The molecule has 152 valence electrons. The third kappa shape index (κ3) is 3.65. The number of hydrogen-bond donors (Lipinski definition) is 2. The number of carbonyl (C=O) groups excluding carboxylic acids is 1. The molecule has 4 rings (SSSR count). The highest BCUT2D eigenvalue weighted by atomic mass is 32.1. The molecule has 7 nitrogen and oxygen atoms in total. The van der Waals surface area contributed by atoms with Crippen molar-refractivity contribution >= 4 is 33.1 Å². The van der Waals surface area contributed by atoms with Crippen molar-refractivity contribution < 1.29 is 14.3 Å².